The molecule has 1 aromatic carbocycles. The quantitative estimate of drug-likeness (QED) is 0.357. The second kappa shape index (κ2) is 8.45. The number of methoxy groups -OCH3 is 1. The minimum absolute atomic E-state index is 0.101. The third-order valence-corrected chi connectivity index (χ3v) is 6.34. The zero-order chi connectivity index (χ0) is 22.9. The molecule has 4 amide bonds. The van der Waals surface area contributed by atoms with Crippen molar-refractivity contribution in [2.45, 2.75) is 19.0 Å². The molecule has 32 heavy (non-hydrogen) atoms. The van der Waals surface area contributed by atoms with E-state index in [9.17, 15) is 14.4 Å². The Morgan fingerprint density at radius 1 is 1.31 bits per heavy atom. The van der Waals surface area contributed by atoms with Gasteiger partial charge in [-0.25, -0.2) is 4.79 Å². The monoisotopic (exact) mass is 452 g/mol. The summed E-state index contributed by atoms with van der Waals surface area (Å²) in [5.74, 6) is 5.52. The highest BCUT2D eigenvalue weighted by Crippen LogP contribution is 2.28. The smallest absolute Gasteiger partial charge is 0.323 e. The number of aliphatic hydroxyl groups excluding tert-OH is 1. The van der Waals surface area contributed by atoms with Crippen LogP contribution in [-0.2, 0) is 11.3 Å². The number of nitrogens with one attached hydrogen (secondary N) is 2. The van der Waals surface area contributed by atoms with Crippen LogP contribution < -0.4 is 15.4 Å². The van der Waals surface area contributed by atoms with Gasteiger partial charge >= 0.3 is 6.03 Å². The van der Waals surface area contributed by atoms with Gasteiger partial charge in [0.1, 0.15) is 12.5 Å². The van der Waals surface area contributed by atoms with E-state index in [1.165, 1.54) is 23.3 Å². The summed E-state index contributed by atoms with van der Waals surface area (Å²) in [6, 6.07) is 8.17. The fraction of sp³-hybridized carbons (Fsp3) is 0.273. The fourth-order valence-corrected chi connectivity index (χ4v) is 4.39. The minimum Gasteiger partial charge on any atom is -0.497 e. The van der Waals surface area contributed by atoms with Crippen LogP contribution in [-0.4, -0.2) is 59.5 Å². The number of urea groups is 1. The summed E-state index contributed by atoms with van der Waals surface area (Å²) in [5, 5.41) is 13.8. The van der Waals surface area contributed by atoms with Crippen molar-refractivity contribution in [3.05, 3.63) is 51.2 Å². The van der Waals surface area contributed by atoms with Crippen LogP contribution in [0.5, 0.6) is 5.75 Å². The summed E-state index contributed by atoms with van der Waals surface area (Å²) in [6.07, 6.45) is 0. The third-order valence-electron chi connectivity index (χ3n) is 5.24. The van der Waals surface area contributed by atoms with Crippen molar-refractivity contribution in [3.63, 3.8) is 0 Å². The number of nitrogens with zero attached hydrogens (tertiary/aromatic N) is 2. The lowest BCUT2D eigenvalue weighted by Gasteiger charge is -2.26. The number of rotatable bonds is 5. The maximum absolute atomic E-state index is 12.9. The van der Waals surface area contributed by atoms with E-state index in [1.807, 2.05) is 6.07 Å². The maximum atomic E-state index is 12.9. The van der Waals surface area contributed by atoms with Crippen LogP contribution in [0.3, 0.4) is 0 Å². The molecule has 0 unspecified atom stereocenters. The predicted molar refractivity (Wildman–Crippen MR) is 118 cm³/mol. The molecule has 10 heteroatoms. The number of thiophene rings is 1. The molecule has 0 saturated carbocycles. The Bertz CT molecular complexity index is 1210. The fourth-order valence-electron chi connectivity index (χ4n) is 3.56. The number of carbonyl (C=O) groups excluding carboxylic acids is 3. The molecule has 2 aliphatic heterocycles. The van der Waals surface area contributed by atoms with Crippen LogP contribution in [0, 0.1) is 11.8 Å². The molecule has 4 rings (SSSR count). The van der Waals surface area contributed by atoms with Gasteiger partial charge in [0, 0.05) is 17.0 Å². The average molecular weight is 452 g/mol. The van der Waals surface area contributed by atoms with Crippen LogP contribution in [0.25, 0.3) is 0 Å². The molecule has 1 aromatic heterocycles. The number of aliphatic hydroxyl groups is 1. The van der Waals surface area contributed by atoms with Gasteiger partial charge in [0.05, 0.1) is 24.2 Å². The van der Waals surface area contributed by atoms with Gasteiger partial charge in [-0.1, -0.05) is 17.9 Å². The van der Waals surface area contributed by atoms with E-state index in [0.717, 1.165) is 10.4 Å². The number of amides is 4. The van der Waals surface area contributed by atoms with Crippen molar-refractivity contribution in [2.24, 2.45) is 4.99 Å². The molecular weight excluding hydrogens is 432 g/mol. The van der Waals surface area contributed by atoms with Crippen LogP contribution in [0.15, 0.2) is 35.3 Å². The molecule has 0 radical (unpaired) electrons. The number of carbonyl (C=O) groups is 3. The molecule has 1 saturated heterocycles. The summed E-state index contributed by atoms with van der Waals surface area (Å²) in [7, 11) is 1.52. The number of aliphatic imine (C=N–C) groups is 1. The predicted octanol–water partition coefficient (Wildman–Crippen LogP) is 1.10. The molecule has 1 fully saturated rings. The number of hydrogen-bond donors (Lipinski definition) is 3. The topological polar surface area (TPSA) is 120 Å². The highest BCUT2D eigenvalue weighted by atomic mass is 32.1. The second-order valence-corrected chi connectivity index (χ2v) is 8.38. The lowest BCUT2D eigenvalue weighted by molar-refractivity contribution is -0.122. The van der Waals surface area contributed by atoms with E-state index < -0.39 is 17.5 Å². The number of benzene rings is 1. The van der Waals surface area contributed by atoms with Gasteiger partial charge in [-0.05, 0) is 36.8 Å². The first kappa shape index (κ1) is 21.5. The Hall–Kier alpha value is -3.68. The first-order chi connectivity index (χ1) is 15.3. The zero-order valence-electron chi connectivity index (χ0n) is 17.4. The van der Waals surface area contributed by atoms with Crippen molar-refractivity contribution >= 4 is 34.9 Å². The first-order valence-corrected chi connectivity index (χ1v) is 10.5. The Kier molecular flexibility index (Phi) is 5.69. The van der Waals surface area contributed by atoms with Gasteiger partial charge in [0.15, 0.2) is 0 Å². The van der Waals surface area contributed by atoms with E-state index >= 15 is 0 Å². The van der Waals surface area contributed by atoms with Gasteiger partial charge in [0.2, 0.25) is 5.54 Å². The highest BCUT2D eigenvalue weighted by molar-refractivity contribution is 7.14. The van der Waals surface area contributed by atoms with E-state index in [0.29, 0.717) is 28.4 Å². The lowest BCUT2D eigenvalue weighted by atomic mass is 9.99. The van der Waals surface area contributed by atoms with Crippen molar-refractivity contribution in [1.29, 1.82) is 0 Å². The van der Waals surface area contributed by atoms with Crippen LogP contribution in [0.1, 0.15) is 32.6 Å². The summed E-state index contributed by atoms with van der Waals surface area (Å²) >= 11 is 1.35. The molecule has 0 spiro atoms. The SMILES string of the molecule is COc1ccc2c(c1)C(=O)N(C[C@@]1(C#Cc3ccc(C(C)=NCO)s3)NC(=O)NC1=O)C2. The van der Waals surface area contributed by atoms with Gasteiger partial charge in [-0.2, -0.15) is 0 Å². The van der Waals surface area contributed by atoms with Crippen LogP contribution >= 0.6 is 11.3 Å². The maximum Gasteiger partial charge on any atom is 0.323 e. The summed E-state index contributed by atoms with van der Waals surface area (Å²) < 4.78 is 5.19. The van der Waals surface area contributed by atoms with Gasteiger partial charge in [-0.15, -0.1) is 11.3 Å². The van der Waals surface area contributed by atoms with Crippen LogP contribution in [0.2, 0.25) is 0 Å². The molecule has 3 heterocycles. The van der Waals surface area contributed by atoms with E-state index in [2.05, 4.69) is 27.5 Å². The van der Waals surface area contributed by atoms with E-state index in [1.54, 1.807) is 31.2 Å². The molecular formula is C22H20N4O5S. The normalized spacial score (nSPS) is 19.9. The molecule has 164 valence electrons. The van der Waals surface area contributed by atoms with Crippen molar-refractivity contribution < 1.29 is 24.2 Å². The summed E-state index contributed by atoms with van der Waals surface area (Å²) in [5.41, 5.74) is 0.406. The number of ether oxygens (including phenoxy) is 1. The van der Waals surface area contributed by atoms with Crippen LogP contribution in [0.4, 0.5) is 4.79 Å². The third kappa shape index (κ3) is 3.95. The molecule has 2 aliphatic rings. The molecule has 0 bridgehead atoms. The lowest BCUT2D eigenvalue weighted by Crippen LogP contribution is -2.54. The minimum atomic E-state index is -1.57. The largest absolute Gasteiger partial charge is 0.497 e. The molecule has 3 N–H and O–H groups in total. The summed E-state index contributed by atoms with van der Waals surface area (Å²) in [4.78, 5) is 44.5. The molecule has 9 nitrogen and oxygen atoms in total. The first-order valence-electron chi connectivity index (χ1n) is 9.70. The molecule has 2 aromatic rings. The standard InChI is InChI=1S/C22H20N4O5S/c1-13(23-12-27)18-6-5-16(32-18)7-8-22(20(29)24-21(30)25-22)11-26-10-14-3-4-15(31-2)9-17(14)19(26)28/h3-6,9,27H,10-12H2,1-2H3,(H2,24,25,29,30)/t22-/m1/s1. The van der Waals surface area contributed by atoms with Gasteiger partial charge in [-0.3, -0.25) is 19.9 Å². The Morgan fingerprint density at radius 2 is 2.12 bits per heavy atom. The Labute approximate surface area is 188 Å². The number of hydrogen-bond acceptors (Lipinski definition) is 7. The Balaban J connectivity index is 1.62. The summed E-state index contributed by atoms with van der Waals surface area (Å²) in [6.45, 7) is 1.66. The zero-order valence-corrected chi connectivity index (χ0v) is 18.2. The molecule has 0 aliphatic carbocycles. The molecule has 1 atom stereocenters. The number of imide groups is 1. The van der Waals surface area contributed by atoms with Gasteiger partial charge < -0.3 is 20.1 Å². The van der Waals surface area contributed by atoms with Crippen molar-refractivity contribution in [3.8, 4) is 17.6 Å². The van der Waals surface area contributed by atoms with Crippen molar-refractivity contribution in [1.82, 2.24) is 15.5 Å². The van der Waals surface area contributed by atoms with Gasteiger partial charge in [0.25, 0.3) is 11.8 Å². The Morgan fingerprint density at radius 3 is 2.81 bits per heavy atom. The number of fused-ring (bicyclic) bond motifs is 1. The van der Waals surface area contributed by atoms with E-state index in [-0.39, 0.29) is 19.2 Å². The van der Waals surface area contributed by atoms with Crippen molar-refractivity contribution in [2.75, 3.05) is 20.4 Å². The second-order valence-electron chi connectivity index (χ2n) is 7.30. The highest BCUT2D eigenvalue weighted by Gasteiger charge is 2.48. The average Bonchev–Trinajstić information content (AvgIpc) is 3.44. The van der Waals surface area contributed by atoms with E-state index in [4.69, 9.17) is 9.84 Å².